The Morgan fingerprint density at radius 2 is 2.02 bits per heavy atom. The number of β-amino-alcohol motifs (C(OH)–C–C–N with tert-alkyl or cyclic N) is 1. The summed E-state index contributed by atoms with van der Waals surface area (Å²) in [6, 6.07) is 6.69. The van der Waals surface area contributed by atoms with E-state index < -0.39 is 29.7 Å². The van der Waals surface area contributed by atoms with Crippen LogP contribution in [0.1, 0.15) is 31.5 Å². The maximum absolute atomic E-state index is 13.2. The third-order valence-electron chi connectivity index (χ3n) is 8.05. The van der Waals surface area contributed by atoms with E-state index in [1.54, 1.807) is 18.4 Å². The molecule has 230 valence electrons. The van der Waals surface area contributed by atoms with Crippen LogP contribution in [-0.2, 0) is 30.4 Å². The first-order chi connectivity index (χ1) is 20.1. The molecule has 0 saturated carbocycles. The lowest BCUT2D eigenvalue weighted by molar-refractivity contribution is -0.141. The molecule has 2 aliphatic rings. The SMILES string of the molecule is COCCN1CCO[C@H](C(=O)N[C@H](C=O)C(C)(C)CN2C[C@H](O)C[C@H]2C(=O)NCc2ccc(-c3scnc3C)cc2)C1. The Bertz CT molecular complexity index is 1210. The molecule has 4 rings (SSSR count). The van der Waals surface area contributed by atoms with Gasteiger partial charge in [0.1, 0.15) is 12.4 Å². The highest BCUT2D eigenvalue weighted by Crippen LogP contribution is 2.29. The van der Waals surface area contributed by atoms with Gasteiger partial charge in [0.2, 0.25) is 5.91 Å². The second-order valence-corrected chi connectivity index (χ2v) is 12.6. The molecule has 4 atom stereocenters. The number of benzene rings is 1. The van der Waals surface area contributed by atoms with Gasteiger partial charge in [-0.15, -0.1) is 11.3 Å². The molecule has 2 saturated heterocycles. The van der Waals surface area contributed by atoms with E-state index in [2.05, 4.69) is 20.5 Å². The minimum Gasteiger partial charge on any atom is -0.392 e. The molecule has 2 aliphatic heterocycles. The number of nitrogens with one attached hydrogen (secondary N) is 2. The minimum atomic E-state index is -0.801. The Morgan fingerprint density at radius 3 is 2.69 bits per heavy atom. The van der Waals surface area contributed by atoms with Crippen LogP contribution in [0.5, 0.6) is 0 Å². The Kier molecular flexibility index (Phi) is 11.2. The van der Waals surface area contributed by atoms with Gasteiger partial charge in [0.05, 0.1) is 47.5 Å². The van der Waals surface area contributed by atoms with E-state index in [0.717, 1.165) is 28.0 Å². The monoisotopic (exact) mass is 601 g/mol. The zero-order chi connectivity index (χ0) is 30.3. The number of likely N-dealkylation sites (tertiary alicyclic amines) is 1. The van der Waals surface area contributed by atoms with Crippen molar-refractivity contribution < 1.29 is 29.0 Å². The number of aromatic nitrogens is 1. The van der Waals surface area contributed by atoms with Crippen molar-refractivity contribution in [2.24, 2.45) is 5.41 Å². The molecule has 1 aromatic carbocycles. The van der Waals surface area contributed by atoms with Crippen molar-refractivity contribution in [1.82, 2.24) is 25.4 Å². The number of rotatable bonds is 13. The van der Waals surface area contributed by atoms with Crippen molar-refractivity contribution >= 4 is 29.4 Å². The molecule has 42 heavy (non-hydrogen) atoms. The highest BCUT2D eigenvalue weighted by atomic mass is 32.1. The number of aryl methyl sites for hydroxylation is 1. The standard InChI is InChI=1S/C30H43N5O6S/c1-20-27(42-19-32-20)22-7-5-21(6-8-22)14-31-28(38)24-13-23(37)15-35(24)18-30(2,3)26(17-36)33-29(39)25-16-34(9-11-40-4)10-12-41-25/h5-8,17,19,23-26,37H,9-16,18H2,1-4H3,(H,31,38)(H,33,39)/t23-,24+,25+,26-/m1/s1. The van der Waals surface area contributed by atoms with E-state index in [-0.39, 0.29) is 11.8 Å². The molecule has 3 heterocycles. The van der Waals surface area contributed by atoms with Crippen molar-refractivity contribution in [2.45, 2.75) is 58.0 Å². The predicted octanol–water partition coefficient (Wildman–Crippen LogP) is 1.23. The Balaban J connectivity index is 1.32. The van der Waals surface area contributed by atoms with Gasteiger partial charge in [0, 0.05) is 51.8 Å². The maximum atomic E-state index is 13.2. The number of aldehydes is 1. The lowest BCUT2D eigenvalue weighted by atomic mass is 9.84. The van der Waals surface area contributed by atoms with E-state index in [4.69, 9.17) is 9.47 Å². The van der Waals surface area contributed by atoms with Crippen LogP contribution < -0.4 is 10.6 Å². The van der Waals surface area contributed by atoms with Crippen molar-refractivity contribution in [3.05, 3.63) is 41.0 Å². The van der Waals surface area contributed by atoms with Crippen LogP contribution in [0.2, 0.25) is 0 Å². The van der Waals surface area contributed by atoms with Gasteiger partial charge in [-0.3, -0.25) is 19.4 Å². The molecule has 0 aliphatic carbocycles. The number of ether oxygens (including phenoxy) is 2. The number of aliphatic hydroxyl groups excluding tert-OH is 1. The number of hydrogen-bond acceptors (Lipinski definition) is 10. The molecule has 1 aromatic heterocycles. The quantitative estimate of drug-likeness (QED) is 0.290. The summed E-state index contributed by atoms with van der Waals surface area (Å²) >= 11 is 1.60. The van der Waals surface area contributed by atoms with Gasteiger partial charge in [-0.05, 0) is 24.5 Å². The van der Waals surface area contributed by atoms with Crippen molar-refractivity contribution in [1.29, 1.82) is 0 Å². The number of hydrogen-bond donors (Lipinski definition) is 3. The summed E-state index contributed by atoms with van der Waals surface area (Å²) in [5.41, 5.74) is 4.17. The van der Waals surface area contributed by atoms with E-state index in [0.29, 0.717) is 58.9 Å². The van der Waals surface area contributed by atoms with Crippen LogP contribution in [0.15, 0.2) is 29.8 Å². The van der Waals surface area contributed by atoms with Gasteiger partial charge >= 0.3 is 0 Å². The van der Waals surface area contributed by atoms with Crippen LogP contribution in [0, 0.1) is 12.3 Å². The van der Waals surface area contributed by atoms with Gasteiger partial charge in [-0.25, -0.2) is 4.98 Å². The summed E-state index contributed by atoms with van der Waals surface area (Å²) in [5.74, 6) is -0.516. The summed E-state index contributed by atoms with van der Waals surface area (Å²) < 4.78 is 10.8. The number of aliphatic hydroxyl groups is 1. The topological polar surface area (TPSA) is 133 Å². The fraction of sp³-hybridized carbons (Fsp3) is 0.600. The van der Waals surface area contributed by atoms with Crippen molar-refractivity contribution in [3.63, 3.8) is 0 Å². The number of nitrogens with zero attached hydrogens (tertiary/aromatic N) is 3. The average molecular weight is 602 g/mol. The molecule has 0 bridgehead atoms. The normalized spacial score (nSPS) is 22.5. The van der Waals surface area contributed by atoms with Crippen LogP contribution in [-0.4, -0.2) is 115 Å². The Morgan fingerprint density at radius 1 is 1.26 bits per heavy atom. The van der Waals surface area contributed by atoms with Gasteiger partial charge in [0.25, 0.3) is 5.91 Å². The smallest absolute Gasteiger partial charge is 0.251 e. The van der Waals surface area contributed by atoms with E-state index in [1.165, 1.54) is 0 Å². The van der Waals surface area contributed by atoms with Gasteiger partial charge in [0.15, 0.2) is 0 Å². The van der Waals surface area contributed by atoms with E-state index in [1.807, 2.05) is 55.4 Å². The first kappa shape index (κ1) is 32.2. The highest BCUT2D eigenvalue weighted by molar-refractivity contribution is 7.13. The zero-order valence-electron chi connectivity index (χ0n) is 24.9. The molecule has 0 spiro atoms. The number of morpholine rings is 1. The van der Waals surface area contributed by atoms with Crippen molar-refractivity contribution in [3.8, 4) is 10.4 Å². The summed E-state index contributed by atoms with van der Waals surface area (Å²) in [6.45, 7) is 9.58. The molecule has 2 fully saturated rings. The van der Waals surface area contributed by atoms with Crippen LogP contribution in [0.4, 0.5) is 0 Å². The second kappa shape index (κ2) is 14.6. The molecule has 11 nitrogen and oxygen atoms in total. The maximum Gasteiger partial charge on any atom is 0.251 e. The molecule has 12 heteroatoms. The molecule has 2 amide bonds. The lowest BCUT2D eigenvalue weighted by Gasteiger charge is -2.38. The van der Waals surface area contributed by atoms with Crippen LogP contribution in [0.25, 0.3) is 10.4 Å². The Labute approximate surface area is 251 Å². The number of carbonyl (C=O) groups excluding carboxylic acids is 3. The Hall–Kier alpha value is -2.74. The van der Waals surface area contributed by atoms with E-state index in [9.17, 15) is 19.5 Å². The van der Waals surface area contributed by atoms with Gasteiger partial charge in [-0.1, -0.05) is 38.1 Å². The van der Waals surface area contributed by atoms with Crippen molar-refractivity contribution in [2.75, 3.05) is 53.0 Å². The van der Waals surface area contributed by atoms with Gasteiger partial charge < -0.3 is 30.0 Å². The largest absolute Gasteiger partial charge is 0.392 e. The zero-order valence-corrected chi connectivity index (χ0v) is 25.7. The lowest BCUT2D eigenvalue weighted by Crippen LogP contribution is -2.57. The minimum absolute atomic E-state index is 0.178. The summed E-state index contributed by atoms with van der Waals surface area (Å²) in [5, 5.41) is 16.3. The van der Waals surface area contributed by atoms with Crippen LogP contribution >= 0.6 is 11.3 Å². The summed E-state index contributed by atoms with van der Waals surface area (Å²) in [7, 11) is 1.64. The molecular weight excluding hydrogens is 558 g/mol. The fourth-order valence-corrected chi connectivity index (χ4v) is 6.36. The highest BCUT2D eigenvalue weighted by Gasteiger charge is 2.42. The third-order valence-corrected chi connectivity index (χ3v) is 9.03. The molecular formula is C30H43N5O6S. The number of thiazole rings is 1. The van der Waals surface area contributed by atoms with E-state index >= 15 is 0 Å². The molecule has 3 N–H and O–H groups in total. The number of amides is 2. The van der Waals surface area contributed by atoms with Gasteiger partial charge in [-0.2, -0.15) is 0 Å². The average Bonchev–Trinajstić information content (AvgIpc) is 3.57. The number of carbonyl (C=O) groups is 3. The molecule has 0 unspecified atom stereocenters. The fourth-order valence-electron chi connectivity index (χ4n) is 5.55. The first-order valence-corrected chi connectivity index (χ1v) is 15.3. The second-order valence-electron chi connectivity index (χ2n) is 11.8. The third kappa shape index (κ3) is 8.21. The van der Waals surface area contributed by atoms with Crippen LogP contribution in [0.3, 0.4) is 0 Å². The first-order valence-electron chi connectivity index (χ1n) is 14.4. The predicted molar refractivity (Wildman–Crippen MR) is 160 cm³/mol. The summed E-state index contributed by atoms with van der Waals surface area (Å²) in [4.78, 5) is 47.9. The number of methoxy groups -OCH3 is 1. The molecule has 2 aromatic rings. The summed E-state index contributed by atoms with van der Waals surface area (Å²) in [6.07, 6.45) is -0.295. The molecule has 0 radical (unpaired) electrons.